The van der Waals surface area contributed by atoms with Crippen LogP contribution in [-0.2, 0) is 4.79 Å². The first-order valence-corrected chi connectivity index (χ1v) is 5.22. The van der Waals surface area contributed by atoms with E-state index in [1.165, 1.54) is 6.20 Å². The van der Waals surface area contributed by atoms with Crippen LogP contribution in [0.1, 0.15) is 16.1 Å². The summed E-state index contributed by atoms with van der Waals surface area (Å²) in [5.41, 5.74) is 0. The highest BCUT2D eigenvalue weighted by Crippen LogP contribution is 2.21. The molecule has 1 aromatic heterocycles. The molecular weight excluding hydrogens is 218 g/mol. The number of likely N-dealkylation sites (tertiary alicyclic amines) is 1. The van der Waals surface area contributed by atoms with Gasteiger partial charge in [-0.15, -0.1) is 5.10 Å². The highest BCUT2D eigenvalue weighted by Gasteiger charge is 2.33. The third-order valence-electron chi connectivity index (χ3n) is 2.28. The largest absolute Gasteiger partial charge is 0.481 e. The van der Waals surface area contributed by atoms with Gasteiger partial charge < -0.3 is 10.0 Å². The Morgan fingerprint density at radius 3 is 2.87 bits per heavy atom. The molecular formula is C8H9N3O3S. The van der Waals surface area contributed by atoms with Crippen molar-refractivity contribution in [1.29, 1.82) is 0 Å². The van der Waals surface area contributed by atoms with Crippen molar-refractivity contribution in [2.24, 2.45) is 5.92 Å². The molecule has 0 aliphatic carbocycles. The summed E-state index contributed by atoms with van der Waals surface area (Å²) in [7, 11) is 0. The lowest BCUT2D eigenvalue weighted by atomic mass is 9.96. The van der Waals surface area contributed by atoms with Crippen LogP contribution in [0.25, 0.3) is 0 Å². The van der Waals surface area contributed by atoms with Gasteiger partial charge in [0.1, 0.15) is 4.88 Å². The van der Waals surface area contributed by atoms with Crippen LogP contribution in [0, 0.1) is 5.92 Å². The van der Waals surface area contributed by atoms with Gasteiger partial charge in [0.25, 0.3) is 5.91 Å². The second-order valence-electron chi connectivity index (χ2n) is 3.46. The summed E-state index contributed by atoms with van der Waals surface area (Å²) in [5, 5.41) is 12.1. The van der Waals surface area contributed by atoms with Gasteiger partial charge in [-0.2, -0.15) is 0 Å². The molecule has 1 N–H and O–H groups in total. The maximum atomic E-state index is 11.6. The van der Waals surface area contributed by atoms with Crippen LogP contribution in [0.3, 0.4) is 0 Å². The summed E-state index contributed by atoms with van der Waals surface area (Å²) in [6.45, 7) is 1.03. The van der Waals surface area contributed by atoms with Crippen LogP contribution in [-0.4, -0.2) is 44.6 Å². The fourth-order valence-corrected chi connectivity index (χ4v) is 2.01. The van der Waals surface area contributed by atoms with Gasteiger partial charge in [-0.1, -0.05) is 4.49 Å². The summed E-state index contributed by atoms with van der Waals surface area (Å²) in [6, 6.07) is 0. The fourth-order valence-electron chi connectivity index (χ4n) is 1.53. The maximum absolute atomic E-state index is 11.6. The Kier molecular flexibility index (Phi) is 2.63. The average Bonchev–Trinajstić information content (AvgIpc) is 2.61. The van der Waals surface area contributed by atoms with Gasteiger partial charge in [-0.25, -0.2) is 0 Å². The number of hydrogen-bond acceptors (Lipinski definition) is 5. The predicted octanol–water partition coefficient (Wildman–Crippen LogP) is 0.0848. The molecule has 0 aromatic carbocycles. The molecule has 15 heavy (non-hydrogen) atoms. The van der Waals surface area contributed by atoms with Gasteiger partial charge in [0.2, 0.25) is 0 Å². The molecule has 1 aliphatic rings. The predicted molar refractivity (Wildman–Crippen MR) is 51.6 cm³/mol. The number of carbonyl (C=O) groups excluding carboxylic acids is 1. The smallest absolute Gasteiger partial charge is 0.303 e. The molecule has 2 rings (SSSR count). The Hall–Kier alpha value is -1.50. The standard InChI is InChI=1S/C8H9N3O3S/c12-7(13)1-5-3-11(4-5)8(14)6-2-9-10-15-6/h2,5H,1,3-4H2,(H,12,13). The van der Waals surface area contributed by atoms with Crippen LogP contribution in [0.4, 0.5) is 0 Å². The molecule has 2 heterocycles. The second-order valence-corrected chi connectivity index (χ2v) is 4.24. The Morgan fingerprint density at radius 2 is 2.33 bits per heavy atom. The first kappa shape index (κ1) is 10.0. The van der Waals surface area contributed by atoms with Gasteiger partial charge in [0.05, 0.1) is 12.6 Å². The number of rotatable bonds is 3. The van der Waals surface area contributed by atoms with E-state index in [4.69, 9.17) is 5.11 Å². The maximum Gasteiger partial charge on any atom is 0.303 e. The lowest BCUT2D eigenvalue weighted by Crippen LogP contribution is -2.50. The van der Waals surface area contributed by atoms with Crippen molar-refractivity contribution in [2.45, 2.75) is 6.42 Å². The van der Waals surface area contributed by atoms with E-state index in [-0.39, 0.29) is 18.2 Å². The molecule has 0 atom stereocenters. The second kappa shape index (κ2) is 3.93. The molecule has 0 spiro atoms. The van der Waals surface area contributed by atoms with Crippen molar-refractivity contribution in [3.05, 3.63) is 11.1 Å². The number of aromatic nitrogens is 2. The molecule has 0 saturated carbocycles. The Morgan fingerprint density at radius 1 is 1.60 bits per heavy atom. The molecule has 1 fully saturated rings. The van der Waals surface area contributed by atoms with Crippen molar-refractivity contribution in [3.63, 3.8) is 0 Å². The number of amides is 1. The van der Waals surface area contributed by atoms with E-state index in [0.717, 1.165) is 11.5 Å². The SMILES string of the molecule is O=C(O)CC1CN(C(=O)c2cnns2)C1. The number of aliphatic carboxylic acids is 1. The molecule has 7 heteroatoms. The van der Waals surface area contributed by atoms with Crippen molar-refractivity contribution < 1.29 is 14.7 Å². The summed E-state index contributed by atoms with van der Waals surface area (Å²) < 4.78 is 3.60. The monoisotopic (exact) mass is 227 g/mol. The van der Waals surface area contributed by atoms with Crippen LogP contribution < -0.4 is 0 Å². The van der Waals surface area contributed by atoms with E-state index in [0.29, 0.717) is 18.0 Å². The van der Waals surface area contributed by atoms with Gasteiger partial charge >= 0.3 is 5.97 Å². The molecule has 1 aliphatic heterocycles. The van der Waals surface area contributed by atoms with Crippen LogP contribution >= 0.6 is 11.5 Å². The van der Waals surface area contributed by atoms with Gasteiger partial charge in [-0.3, -0.25) is 9.59 Å². The summed E-state index contributed by atoms with van der Waals surface area (Å²) in [4.78, 5) is 24.1. The molecule has 0 unspecified atom stereocenters. The number of carboxylic acids is 1. The van der Waals surface area contributed by atoms with Crippen LogP contribution in [0.5, 0.6) is 0 Å². The Bertz CT molecular complexity index is 372. The zero-order chi connectivity index (χ0) is 10.8. The minimum absolute atomic E-state index is 0.0901. The first-order chi connectivity index (χ1) is 7.16. The van der Waals surface area contributed by atoms with Gasteiger partial charge in [-0.05, 0) is 11.5 Å². The van der Waals surface area contributed by atoms with Crippen molar-refractivity contribution >= 4 is 23.4 Å². The lowest BCUT2D eigenvalue weighted by molar-refractivity contribution is -0.139. The zero-order valence-electron chi connectivity index (χ0n) is 7.79. The van der Waals surface area contributed by atoms with Crippen LogP contribution in [0.15, 0.2) is 6.20 Å². The first-order valence-electron chi connectivity index (χ1n) is 4.45. The lowest BCUT2D eigenvalue weighted by Gasteiger charge is -2.38. The van der Waals surface area contributed by atoms with Gasteiger partial charge in [0.15, 0.2) is 0 Å². The average molecular weight is 227 g/mol. The molecule has 0 bridgehead atoms. The summed E-state index contributed by atoms with van der Waals surface area (Å²) in [5.74, 6) is -0.828. The number of hydrogen-bond donors (Lipinski definition) is 1. The van der Waals surface area contributed by atoms with Crippen LogP contribution in [0.2, 0.25) is 0 Å². The molecule has 1 saturated heterocycles. The molecule has 1 aromatic rings. The van der Waals surface area contributed by atoms with E-state index in [1.54, 1.807) is 4.90 Å². The highest BCUT2D eigenvalue weighted by atomic mass is 32.1. The minimum Gasteiger partial charge on any atom is -0.481 e. The van der Waals surface area contributed by atoms with Crippen molar-refractivity contribution in [2.75, 3.05) is 13.1 Å². The molecule has 80 valence electrons. The normalized spacial score (nSPS) is 16.1. The number of carboxylic acid groups (broad SMARTS) is 1. The zero-order valence-corrected chi connectivity index (χ0v) is 8.61. The van der Waals surface area contributed by atoms with E-state index in [9.17, 15) is 9.59 Å². The highest BCUT2D eigenvalue weighted by molar-refractivity contribution is 7.07. The van der Waals surface area contributed by atoms with Crippen molar-refractivity contribution in [3.8, 4) is 0 Å². The van der Waals surface area contributed by atoms with E-state index in [1.807, 2.05) is 0 Å². The minimum atomic E-state index is -0.813. The van der Waals surface area contributed by atoms with E-state index >= 15 is 0 Å². The van der Waals surface area contributed by atoms with E-state index < -0.39 is 5.97 Å². The molecule has 6 nitrogen and oxygen atoms in total. The third kappa shape index (κ3) is 2.12. The quantitative estimate of drug-likeness (QED) is 0.790. The van der Waals surface area contributed by atoms with Crippen molar-refractivity contribution in [1.82, 2.24) is 14.5 Å². The number of nitrogens with zero attached hydrogens (tertiary/aromatic N) is 3. The topological polar surface area (TPSA) is 83.4 Å². The molecule has 0 radical (unpaired) electrons. The summed E-state index contributed by atoms with van der Waals surface area (Å²) in [6.07, 6.45) is 1.56. The van der Waals surface area contributed by atoms with E-state index in [2.05, 4.69) is 9.59 Å². The molecule has 1 amide bonds. The summed E-state index contributed by atoms with van der Waals surface area (Å²) >= 11 is 1.06. The number of carbonyl (C=O) groups is 2. The Labute approximate surface area is 89.7 Å². The third-order valence-corrected chi connectivity index (χ3v) is 2.93. The van der Waals surface area contributed by atoms with Gasteiger partial charge in [0, 0.05) is 19.0 Å². The Balaban J connectivity index is 1.85. The fraction of sp³-hybridized carbons (Fsp3) is 0.500.